The zero-order chi connectivity index (χ0) is 25.0. The minimum atomic E-state index is -8.65. The van der Waals surface area contributed by atoms with Gasteiger partial charge in [0, 0.05) is 6.42 Å². The van der Waals surface area contributed by atoms with Crippen molar-refractivity contribution in [1.29, 1.82) is 0 Å². The fraction of sp³-hybridized carbons (Fsp3) is 0.750. The van der Waals surface area contributed by atoms with Gasteiger partial charge in [0.15, 0.2) is 0 Å². The number of aliphatic carboxylic acids is 1. The van der Waals surface area contributed by atoms with E-state index in [0.29, 0.717) is 0 Å². The highest BCUT2D eigenvalue weighted by atomic mass is 19.4. The zero-order valence-corrected chi connectivity index (χ0v) is 13.4. The third kappa shape index (κ3) is 3.25. The first-order valence-corrected chi connectivity index (χ1v) is 6.60. The molecule has 0 aromatic rings. The summed E-state index contributed by atoms with van der Waals surface area (Å²) in [4.78, 5) is 10.4. The van der Waals surface area contributed by atoms with Crippen LogP contribution >= 0.6 is 0 Å². The molecule has 0 aromatic heterocycles. The Kier molecular flexibility index (Phi) is 6.61. The van der Waals surface area contributed by atoms with E-state index in [-0.39, 0.29) is 6.08 Å². The summed E-state index contributed by atoms with van der Waals surface area (Å²) in [6.07, 6.45) is -10.7. The average molecular weight is 485 g/mol. The molecule has 1 atom stereocenters. The maximum absolute atomic E-state index is 13.8. The van der Waals surface area contributed by atoms with Crippen LogP contribution < -0.4 is 5.11 Å². The molecule has 178 valence electrons. The van der Waals surface area contributed by atoms with Crippen LogP contribution in [0.5, 0.6) is 0 Å². The van der Waals surface area contributed by atoms with Gasteiger partial charge < -0.3 is 9.90 Å². The molecule has 0 aromatic carbocycles. The Balaban J connectivity index is 6.91. The smallest absolute Gasteiger partial charge is 0.460 e. The second-order valence-electron chi connectivity index (χ2n) is 5.53. The molecule has 30 heavy (non-hydrogen) atoms. The molecule has 0 heterocycles. The monoisotopic (exact) mass is 485 g/mol. The van der Waals surface area contributed by atoms with Crippen LogP contribution in [0.25, 0.3) is 0 Å². The van der Waals surface area contributed by atoms with Gasteiger partial charge in [-0.15, -0.1) is 6.58 Å². The Hall–Kier alpha value is -1.91. The fourth-order valence-electron chi connectivity index (χ4n) is 1.75. The van der Waals surface area contributed by atoms with Crippen LogP contribution in [0.1, 0.15) is 6.42 Å². The second kappa shape index (κ2) is 7.06. The minimum Gasteiger partial charge on any atom is -0.546 e. The number of carbonyl (C=O) groups is 1. The van der Waals surface area contributed by atoms with Crippen LogP contribution in [0.15, 0.2) is 12.7 Å². The van der Waals surface area contributed by atoms with Crippen molar-refractivity contribution in [3.05, 3.63) is 12.7 Å². The molecule has 0 aliphatic rings. The van der Waals surface area contributed by atoms with Crippen molar-refractivity contribution in [2.75, 3.05) is 0 Å². The summed E-state index contributed by atoms with van der Waals surface area (Å²) in [5.41, 5.74) is -6.07. The van der Waals surface area contributed by atoms with Crippen molar-refractivity contribution < 1.29 is 80.1 Å². The first kappa shape index (κ1) is 28.1. The fourth-order valence-corrected chi connectivity index (χ4v) is 1.75. The Morgan fingerprint density at radius 1 is 0.600 bits per heavy atom. The molecular formula is C12H5F16O2-. The SMILES string of the molecule is C=CCC(F)(C(=O)[O-])C(F)(F)C(F)(F)C(F)(F)C(F)(F)C(F)(F)C(F)(F)C(F)(F)F. The van der Waals surface area contributed by atoms with Gasteiger partial charge in [-0.1, -0.05) is 6.08 Å². The summed E-state index contributed by atoms with van der Waals surface area (Å²) >= 11 is 0. The highest BCUT2D eigenvalue weighted by Crippen LogP contribution is 2.63. The lowest BCUT2D eigenvalue weighted by atomic mass is 9.83. The normalized spacial score (nSPS) is 17.5. The van der Waals surface area contributed by atoms with Crippen LogP contribution in [-0.2, 0) is 4.79 Å². The molecule has 0 saturated carbocycles. The van der Waals surface area contributed by atoms with Gasteiger partial charge >= 0.3 is 41.7 Å². The van der Waals surface area contributed by atoms with Crippen molar-refractivity contribution in [2.45, 2.75) is 53.8 Å². The van der Waals surface area contributed by atoms with E-state index >= 15 is 0 Å². The van der Waals surface area contributed by atoms with Gasteiger partial charge in [-0.2, -0.15) is 65.9 Å². The van der Waals surface area contributed by atoms with Gasteiger partial charge in [-0.25, -0.2) is 4.39 Å². The molecular weight excluding hydrogens is 480 g/mol. The highest BCUT2D eigenvalue weighted by molar-refractivity contribution is 5.77. The first-order chi connectivity index (χ1) is 12.8. The molecule has 0 bridgehead atoms. The van der Waals surface area contributed by atoms with Crippen LogP contribution in [-0.4, -0.2) is 53.3 Å². The highest BCUT2D eigenvalue weighted by Gasteiger charge is 2.94. The molecule has 0 rings (SSSR count). The number of carboxylic acids is 1. The third-order valence-corrected chi connectivity index (χ3v) is 3.57. The molecule has 2 nitrogen and oxygen atoms in total. The molecule has 18 heteroatoms. The summed E-state index contributed by atoms with van der Waals surface area (Å²) in [5, 5.41) is 10.4. The van der Waals surface area contributed by atoms with E-state index in [1.165, 1.54) is 0 Å². The Labute approximate surface area is 154 Å². The Morgan fingerprint density at radius 3 is 1.10 bits per heavy atom. The van der Waals surface area contributed by atoms with E-state index < -0.39 is 59.8 Å². The Bertz CT molecular complexity index is 678. The van der Waals surface area contributed by atoms with Gasteiger partial charge in [-0.3, -0.25) is 0 Å². The third-order valence-electron chi connectivity index (χ3n) is 3.57. The van der Waals surface area contributed by atoms with Gasteiger partial charge in [0.1, 0.15) is 0 Å². The lowest BCUT2D eigenvalue weighted by molar-refractivity contribution is -0.458. The first-order valence-electron chi connectivity index (χ1n) is 6.60. The van der Waals surface area contributed by atoms with E-state index in [9.17, 15) is 80.1 Å². The Morgan fingerprint density at radius 2 is 0.867 bits per heavy atom. The van der Waals surface area contributed by atoms with Crippen molar-refractivity contribution in [1.82, 2.24) is 0 Å². The van der Waals surface area contributed by atoms with E-state index in [1.807, 2.05) is 0 Å². The molecule has 0 N–H and O–H groups in total. The molecule has 0 saturated heterocycles. The van der Waals surface area contributed by atoms with Crippen LogP contribution in [0, 0.1) is 0 Å². The second-order valence-corrected chi connectivity index (χ2v) is 5.53. The summed E-state index contributed by atoms with van der Waals surface area (Å²) in [6.45, 7) is 2.34. The lowest BCUT2D eigenvalue weighted by Crippen LogP contribution is -2.76. The quantitative estimate of drug-likeness (QED) is 0.359. The average Bonchev–Trinajstić information content (AvgIpc) is 2.52. The van der Waals surface area contributed by atoms with Gasteiger partial charge in [0.2, 0.25) is 5.67 Å². The van der Waals surface area contributed by atoms with Crippen LogP contribution in [0.4, 0.5) is 70.2 Å². The molecule has 0 spiro atoms. The number of hydrogen-bond donors (Lipinski definition) is 0. The van der Waals surface area contributed by atoms with Crippen molar-refractivity contribution in [2.24, 2.45) is 0 Å². The number of rotatable bonds is 9. The van der Waals surface area contributed by atoms with Gasteiger partial charge in [0.25, 0.3) is 0 Å². The predicted molar refractivity (Wildman–Crippen MR) is 59.4 cm³/mol. The van der Waals surface area contributed by atoms with Gasteiger partial charge in [0.05, 0.1) is 5.97 Å². The number of halogens is 16. The summed E-state index contributed by atoms with van der Waals surface area (Å²) in [5.74, 6) is -53.9. The molecule has 0 amide bonds. The largest absolute Gasteiger partial charge is 0.546 e. The molecule has 0 aliphatic heterocycles. The van der Waals surface area contributed by atoms with Crippen LogP contribution in [0.2, 0.25) is 0 Å². The topological polar surface area (TPSA) is 40.1 Å². The summed E-state index contributed by atoms with van der Waals surface area (Å²) < 4.78 is 208. The maximum atomic E-state index is 13.8. The summed E-state index contributed by atoms with van der Waals surface area (Å²) in [7, 11) is 0. The minimum absolute atomic E-state index is 0.317. The van der Waals surface area contributed by atoms with E-state index in [4.69, 9.17) is 0 Å². The number of alkyl halides is 16. The molecule has 0 aliphatic carbocycles. The number of carboxylic acid groups (broad SMARTS) is 1. The molecule has 0 fully saturated rings. The standard InChI is InChI=1S/C12H6F16O2/c1-2-3-5(13,4(29)30)6(14,15)7(16,17)8(18,19)9(20,21)10(22,23)11(24,25)12(26,27)28/h2H,1,3H2,(H,29,30)/p-1. The van der Waals surface area contributed by atoms with Gasteiger partial charge in [-0.05, 0) is 0 Å². The molecule has 1 unspecified atom stereocenters. The number of carbonyl (C=O) groups excluding carboxylic acids is 1. The zero-order valence-electron chi connectivity index (χ0n) is 13.4. The van der Waals surface area contributed by atoms with Crippen molar-refractivity contribution in [3.8, 4) is 0 Å². The van der Waals surface area contributed by atoms with E-state index in [0.717, 1.165) is 0 Å². The van der Waals surface area contributed by atoms with E-state index in [1.54, 1.807) is 0 Å². The lowest BCUT2D eigenvalue weighted by Gasteiger charge is -2.44. The predicted octanol–water partition coefficient (Wildman–Crippen LogP) is 4.39. The number of allylic oxidation sites excluding steroid dienone is 1. The number of hydrogen-bond acceptors (Lipinski definition) is 2. The van der Waals surface area contributed by atoms with Crippen molar-refractivity contribution >= 4 is 5.97 Å². The van der Waals surface area contributed by atoms with Crippen molar-refractivity contribution in [3.63, 3.8) is 0 Å². The molecule has 0 radical (unpaired) electrons. The van der Waals surface area contributed by atoms with E-state index in [2.05, 4.69) is 6.58 Å². The maximum Gasteiger partial charge on any atom is 0.460 e. The van der Waals surface area contributed by atoms with Crippen LogP contribution in [0.3, 0.4) is 0 Å². The summed E-state index contributed by atoms with van der Waals surface area (Å²) in [6, 6.07) is 0.